The second kappa shape index (κ2) is 9.69. The van der Waals surface area contributed by atoms with E-state index < -0.39 is 36.5 Å². The van der Waals surface area contributed by atoms with Crippen molar-refractivity contribution in [2.75, 3.05) is 13.7 Å². The van der Waals surface area contributed by atoms with Crippen LogP contribution in [-0.2, 0) is 14.3 Å². The van der Waals surface area contributed by atoms with Gasteiger partial charge >= 0.3 is 12.1 Å². The number of H-pyrrole nitrogens is 1. The maximum atomic E-state index is 12.9. The predicted octanol–water partition coefficient (Wildman–Crippen LogP) is 2.10. The number of tetrazole rings is 1. The third kappa shape index (κ3) is 4.58. The highest BCUT2D eigenvalue weighted by Crippen LogP contribution is 2.44. The van der Waals surface area contributed by atoms with Crippen LogP contribution in [0.5, 0.6) is 0 Å². The Morgan fingerprint density at radius 3 is 2.29 bits per heavy atom. The van der Waals surface area contributed by atoms with Crippen molar-refractivity contribution in [1.82, 2.24) is 30.8 Å². The maximum Gasteiger partial charge on any atom is 0.407 e. The van der Waals surface area contributed by atoms with Crippen molar-refractivity contribution in [3.05, 3.63) is 65.5 Å². The third-order valence-electron chi connectivity index (χ3n) is 5.98. The van der Waals surface area contributed by atoms with Gasteiger partial charge in [-0.05, 0) is 29.2 Å². The summed E-state index contributed by atoms with van der Waals surface area (Å²) in [6, 6.07) is 13.9. The zero-order valence-corrected chi connectivity index (χ0v) is 18.6. The molecule has 2 amide bonds. The number of rotatable bonds is 8. The van der Waals surface area contributed by atoms with E-state index in [4.69, 9.17) is 4.74 Å². The summed E-state index contributed by atoms with van der Waals surface area (Å²) in [5.41, 5.74) is 4.26. The second-order valence-corrected chi connectivity index (χ2v) is 8.02. The van der Waals surface area contributed by atoms with Gasteiger partial charge in [0.05, 0.1) is 12.5 Å². The van der Waals surface area contributed by atoms with Gasteiger partial charge in [-0.3, -0.25) is 9.59 Å². The van der Waals surface area contributed by atoms with E-state index in [0.29, 0.717) is 0 Å². The average Bonchev–Trinajstić information content (AvgIpc) is 3.47. The number of nitrogens with one attached hydrogen (secondary N) is 2. The van der Waals surface area contributed by atoms with Gasteiger partial charge < -0.3 is 20.1 Å². The first-order valence-electron chi connectivity index (χ1n) is 10.7. The molecular formula is C23H24N6O5. The molecule has 0 saturated heterocycles. The molecule has 176 valence electrons. The molecule has 0 bridgehead atoms. The summed E-state index contributed by atoms with van der Waals surface area (Å²) >= 11 is 0. The number of hydrogen-bond acceptors (Lipinski definition) is 7. The summed E-state index contributed by atoms with van der Waals surface area (Å²) in [5, 5.41) is 25.1. The Bertz CT molecular complexity index is 1150. The monoisotopic (exact) mass is 464 g/mol. The van der Waals surface area contributed by atoms with Crippen molar-refractivity contribution in [2.45, 2.75) is 31.3 Å². The standard InChI is InChI=1S/C23H24N6O5/c1-13(21-25-27-28-26-21)29(2)22(32)19(11-20(30)31)24-23(33)34-12-18-16-9-5-3-7-14(16)15-8-4-6-10-17(15)18/h3-10,13,18-19H,11-12H2,1-2H3,(H,24,33)(H,30,31)(H,25,26,27,28). The first kappa shape index (κ1) is 22.9. The molecule has 0 fully saturated rings. The smallest absolute Gasteiger partial charge is 0.407 e. The van der Waals surface area contributed by atoms with Crippen LogP contribution in [0.3, 0.4) is 0 Å². The fourth-order valence-electron chi connectivity index (χ4n) is 4.11. The summed E-state index contributed by atoms with van der Waals surface area (Å²) in [7, 11) is 1.47. The summed E-state index contributed by atoms with van der Waals surface area (Å²) in [5.74, 6) is -1.76. The Morgan fingerprint density at radius 1 is 1.12 bits per heavy atom. The highest BCUT2D eigenvalue weighted by Gasteiger charge is 2.32. The molecule has 1 aliphatic carbocycles. The van der Waals surface area contributed by atoms with E-state index in [1.165, 1.54) is 11.9 Å². The molecule has 1 aromatic heterocycles. The molecule has 2 atom stereocenters. The van der Waals surface area contributed by atoms with Crippen LogP contribution in [0.1, 0.15) is 42.3 Å². The Labute approximate surface area is 195 Å². The number of carbonyl (C=O) groups is 3. The number of aromatic amines is 1. The molecule has 0 aliphatic heterocycles. The number of ether oxygens (including phenoxy) is 1. The minimum Gasteiger partial charge on any atom is -0.481 e. The van der Waals surface area contributed by atoms with Crippen LogP contribution < -0.4 is 5.32 Å². The van der Waals surface area contributed by atoms with Crippen LogP contribution in [-0.4, -0.2) is 68.3 Å². The van der Waals surface area contributed by atoms with Crippen molar-refractivity contribution in [3.8, 4) is 11.1 Å². The normalized spacial score (nSPS) is 13.9. The van der Waals surface area contributed by atoms with Gasteiger partial charge in [0.15, 0.2) is 5.82 Å². The summed E-state index contributed by atoms with van der Waals surface area (Å²) in [4.78, 5) is 38.2. The predicted molar refractivity (Wildman–Crippen MR) is 120 cm³/mol. The number of alkyl carbamates (subject to hydrolysis) is 1. The Kier molecular flexibility index (Phi) is 6.53. The average molecular weight is 464 g/mol. The molecule has 0 spiro atoms. The molecule has 1 aliphatic rings. The van der Waals surface area contributed by atoms with Crippen LogP contribution in [0.4, 0.5) is 4.79 Å². The molecule has 2 unspecified atom stereocenters. The van der Waals surface area contributed by atoms with Gasteiger partial charge in [-0.15, -0.1) is 10.2 Å². The van der Waals surface area contributed by atoms with E-state index in [-0.39, 0.29) is 18.3 Å². The lowest BCUT2D eigenvalue weighted by atomic mass is 9.98. The molecule has 4 rings (SSSR count). The highest BCUT2D eigenvalue weighted by atomic mass is 16.5. The molecule has 3 N–H and O–H groups in total. The fourth-order valence-corrected chi connectivity index (χ4v) is 4.11. The number of nitrogens with zero attached hydrogens (tertiary/aromatic N) is 4. The highest BCUT2D eigenvalue weighted by molar-refractivity contribution is 5.89. The lowest BCUT2D eigenvalue weighted by molar-refractivity contribution is -0.142. The molecule has 2 aromatic carbocycles. The van der Waals surface area contributed by atoms with Crippen LogP contribution in [0.25, 0.3) is 11.1 Å². The largest absolute Gasteiger partial charge is 0.481 e. The number of aromatic nitrogens is 4. The minimum absolute atomic E-state index is 0.0446. The van der Waals surface area contributed by atoms with E-state index in [1.54, 1.807) is 6.92 Å². The van der Waals surface area contributed by atoms with E-state index in [9.17, 15) is 19.5 Å². The summed E-state index contributed by atoms with van der Waals surface area (Å²) in [6.07, 6.45) is -1.48. The Morgan fingerprint density at radius 2 is 1.74 bits per heavy atom. The van der Waals surface area contributed by atoms with Gasteiger partial charge in [-0.1, -0.05) is 53.7 Å². The Hall–Kier alpha value is -4.28. The van der Waals surface area contributed by atoms with Crippen LogP contribution in [0.2, 0.25) is 0 Å². The third-order valence-corrected chi connectivity index (χ3v) is 5.98. The summed E-state index contributed by atoms with van der Waals surface area (Å²) in [6.45, 7) is 1.71. The number of amides is 2. The van der Waals surface area contributed by atoms with Gasteiger partial charge in [-0.2, -0.15) is 5.21 Å². The molecule has 1 heterocycles. The van der Waals surface area contributed by atoms with E-state index >= 15 is 0 Å². The number of carboxylic acid groups (broad SMARTS) is 1. The van der Waals surface area contributed by atoms with Crippen LogP contribution in [0.15, 0.2) is 48.5 Å². The number of carbonyl (C=O) groups excluding carboxylic acids is 2. The number of aliphatic carboxylic acids is 1. The molecule has 34 heavy (non-hydrogen) atoms. The number of benzene rings is 2. The lowest BCUT2D eigenvalue weighted by Crippen LogP contribution is -2.49. The number of fused-ring (bicyclic) bond motifs is 3. The molecule has 0 radical (unpaired) electrons. The van der Waals surface area contributed by atoms with Gasteiger partial charge in [0, 0.05) is 13.0 Å². The fraction of sp³-hybridized carbons (Fsp3) is 0.304. The first-order chi connectivity index (χ1) is 16.4. The quantitative estimate of drug-likeness (QED) is 0.459. The van der Waals surface area contributed by atoms with Crippen molar-refractivity contribution in [1.29, 1.82) is 0 Å². The van der Waals surface area contributed by atoms with Gasteiger partial charge in [0.2, 0.25) is 5.91 Å². The van der Waals surface area contributed by atoms with Gasteiger partial charge in [-0.25, -0.2) is 4.79 Å². The number of likely N-dealkylation sites (N-methyl/N-ethyl adjacent to an activating group) is 1. The van der Waals surface area contributed by atoms with E-state index in [1.807, 2.05) is 48.5 Å². The van der Waals surface area contributed by atoms with Gasteiger partial charge in [0.25, 0.3) is 0 Å². The van der Waals surface area contributed by atoms with Crippen molar-refractivity contribution < 1.29 is 24.2 Å². The Balaban J connectivity index is 1.44. The second-order valence-electron chi connectivity index (χ2n) is 8.02. The molecule has 3 aromatic rings. The van der Waals surface area contributed by atoms with Crippen molar-refractivity contribution in [3.63, 3.8) is 0 Å². The maximum absolute atomic E-state index is 12.9. The first-order valence-corrected chi connectivity index (χ1v) is 10.7. The lowest BCUT2D eigenvalue weighted by Gasteiger charge is -2.27. The zero-order chi connectivity index (χ0) is 24.2. The topological polar surface area (TPSA) is 150 Å². The molecular weight excluding hydrogens is 440 g/mol. The number of carboxylic acids is 1. The number of hydrogen-bond donors (Lipinski definition) is 3. The SMILES string of the molecule is CC(c1nn[nH]n1)N(C)C(=O)C(CC(=O)O)NC(=O)OCC1c2ccccc2-c2ccccc21. The van der Waals surface area contributed by atoms with Gasteiger partial charge in [0.1, 0.15) is 12.6 Å². The van der Waals surface area contributed by atoms with E-state index in [0.717, 1.165) is 22.3 Å². The van der Waals surface area contributed by atoms with Crippen molar-refractivity contribution >= 4 is 18.0 Å². The molecule has 11 heteroatoms. The summed E-state index contributed by atoms with van der Waals surface area (Å²) < 4.78 is 5.46. The minimum atomic E-state index is -1.33. The molecule has 11 nitrogen and oxygen atoms in total. The molecule has 0 saturated carbocycles. The van der Waals surface area contributed by atoms with Crippen molar-refractivity contribution in [2.24, 2.45) is 0 Å². The van der Waals surface area contributed by atoms with E-state index in [2.05, 4.69) is 25.9 Å². The van der Waals surface area contributed by atoms with Crippen LogP contribution >= 0.6 is 0 Å². The zero-order valence-electron chi connectivity index (χ0n) is 18.6. The van der Waals surface area contributed by atoms with Crippen LogP contribution in [0, 0.1) is 0 Å².